The Labute approximate surface area is 138 Å². The third kappa shape index (κ3) is 5.33. The number of hydrazine groups is 1. The van der Waals surface area contributed by atoms with E-state index in [1.165, 1.54) is 21.3 Å². The van der Waals surface area contributed by atoms with Gasteiger partial charge in [-0.05, 0) is 6.04 Å². The number of rotatable bonds is 7. The van der Waals surface area contributed by atoms with Gasteiger partial charge in [0.15, 0.2) is 11.5 Å². The Morgan fingerprint density at radius 2 is 1.61 bits per heavy atom. The van der Waals surface area contributed by atoms with Gasteiger partial charge in [-0.3, -0.25) is 0 Å². The number of carbonyl (C=O) groups is 1. The Kier molecular flexibility index (Phi) is 6.71. The second-order valence-corrected chi connectivity index (χ2v) is 11.8. The van der Waals surface area contributed by atoms with Gasteiger partial charge in [0, 0.05) is 20.2 Å². The molecule has 8 heteroatoms. The Hall–Kier alpha value is -1.93. The normalized spacial score (nSPS) is 10.9. The molecular weight excluding hydrogens is 316 g/mol. The standard InChI is InChI=1S/C15H26N2O5Si/c1-19-11-9-12(20-2)14(13(10-11)21-3)17(16)15(18)22-7-8-23(4,5)6/h9-10H,7-8,16H2,1-6H3. The lowest BCUT2D eigenvalue weighted by molar-refractivity contribution is 0.159. The van der Waals surface area contributed by atoms with Crippen molar-refractivity contribution in [3.05, 3.63) is 12.1 Å². The average Bonchev–Trinajstić information content (AvgIpc) is 2.51. The maximum atomic E-state index is 12.2. The van der Waals surface area contributed by atoms with Gasteiger partial charge in [-0.2, -0.15) is 0 Å². The molecule has 1 aromatic rings. The van der Waals surface area contributed by atoms with Crippen LogP contribution >= 0.6 is 0 Å². The fraction of sp³-hybridized carbons (Fsp3) is 0.533. The molecule has 0 aliphatic carbocycles. The van der Waals surface area contributed by atoms with Crippen LogP contribution in [0.4, 0.5) is 10.5 Å². The molecule has 0 aliphatic heterocycles. The summed E-state index contributed by atoms with van der Waals surface area (Å²) in [7, 11) is 3.19. The largest absolute Gasteiger partial charge is 0.496 e. The molecule has 0 heterocycles. The summed E-state index contributed by atoms with van der Waals surface area (Å²) in [4.78, 5) is 12.2. The molecule has 23 heavy (non-hydrogen) atoms. The lowest BCUT2D eigenvalue weighted by Gasteiger charge is -2.23. The fourth-order valence-corrected chi connectivity index (χ4v) is 2.54. The Balaban J connectivity index is 2.97. The molecule has 2 N–H and O–H groups in total. The maximum absolute atomic E-state index is 12.2. The summed E-state index contributed by atoms with van der Waals surface area (Å²) in [5.41, 5.74) is 0.286. The van der Waals surface area contributed by atoms with Crippen molar-refractivity contribution in [1.29, 1.82) is 0 Å². The van der Waals surface area contributed by atoms with Gasteiger partial charge in [0.1, 0.15) is 11.4 Å². The molecule has 7 nitrogen and oxygen atoms in total. The minimum Gasteiger partial charge on any atom is -0.496 e. The molecule has 0 atom stereocenters. The predicted molar refractivity (Wildman–Crippen MR) is 92.3 cm³/mol. The van der Waals surface area contributed by atoms with Gasteiger partial charge in [0.2, 0.25) is 0 Å². The first-order valence-corrected chi connectivity index (χ1v) is 11.0. The van der Waals surface area contributed by atoms with Crippen molar-refractivity contribution < 1.29 is 23.7 Å². The van der Waals surface area contributed by atoms with Crippen molar-refractivity contribution >= 4 is 19.9 Å². The van der Waals surface area contributed by atoms with Crippen molar-refractivity contribution in [3.8, 4) is 17.2 Å². The Bertz CT molecular complexity index is 520. The first-order chi connectivity index (χ1) is 10.7. The summed E-state index contributed by atoms with van der Waals surface area (Å²) in [6, 6.07) is 4.10. The van der Waals surface area contributed by atoms with Gasteiger partial charge in [0.05, 0.1) is 27.9 Å². The van der Waals surface area contributed by atoms with Crippen LogP contribution < -0.4 is 25.1 Å². The number of amides is 1. The molecule has 0 aromatic heterocycles. The molecule has 1 rings (SSSR count). The van der Waals surface area contributed by atoms with Crippen molar-refractivity contribution in [2.45, 2.75) is 25.7 Å². The molecule has 0 saturated heterocycles. The third-order valence-corrected chi connectivity index (χ3v) is 4.91. The first kappa shape index (κ1) is 19.1. The van der Waals surface area contributed by atoms with Gasteiger partial charge in [0.25, 0.3) is 0 Å². The maximum Gasteiger partial charge on any atom is 0.429 e. The van der Waals surface area contributed by atoms with E-state index in [9.17, 15) is 4.79 Å². The topological polar surface area (TPSA) is 83.2 Å². The van der Waals surface area contributed by atoms with Crippen LogP contribution in [-0.2, 0) is 4.74 Å². The summed E-state index contributed by atoms with van der Waals surface area (Å²) in [6.07, 6.45) is -0.662. The number of hydrogen-bond acceptors (Lipinski definition) is 6. The van der Waals surface area contributed by atoms with Gasteiger partial charge in [-0.25, -0.2) is 15.6 Å². The molecule has 0 aliphatic rings. The number of methoxy groups -OCH3 is 3. The smallest absolute Gasteiger partial charge is 0.429 e. The third-order valence-electron chi connectivity index (χ3n) is 3.20. The van der Waals surface area contributed by atoms with Crippen LogP contribution in [0, 0.1) is 0 Å². The highest BCUT2D eigenvalue weighted by atomic mass is 28.3. The van der Waals surface area contributed by atoms with E-state index in [2.05, 4.69) is 19.6 Å². The zero-order valence-electron chi connectivity index (χ0n) is 14.6. The van der Waals surface area contributed by atoms with Crippen LogP contribution in [0.2, 0.25) is 25.7 Å². The van der Waals surface area contributed by atoms with E-state index in [1.807, 2.05) is 0 Å². The van der Waals surface area contributed by atoms with Gasteiger partial charge < -0.3 is 18.9 Å². The molecule has 0 bridgehead atoms. The molecule has 0 spiro atoms. The summed E-state index contributed by atoms with van der Waals surface area (Å²) >= 11 is 0. The molecule has 0 radical (unpaired) electrons. The molecule has 1 aromatic carbocycles. The quantitative estimate of drug-likeness (QED) is 0.355. The Morgan fingerprint density at radius 3 is 2.00 bits per heavy atom. The van der Waals surface area contributed by atoms with Crippen LogP contribution in [0.1, 0.15) is 0 Å². The number of hydrogen-bond donors (Lipinski definition) is 1. The lowest BCUT2D eigenvalue weighted by atomic mass is 10.2. The monoisotopic (exact) mass is 342 g/mol. The number of carbonyl (C=O) groups excluding carboxylic acids is 1. The summed E-state index contributed by atoms with van der Waals surface area (Å²) < 4.78 is 21.0. The average molecular weight is 342 g/mol. The summed E-state index contributed by atoms with van der Waals surface area (Å²) in [5, 5.41) is 0.890. The number of anilines is 1. The first-order valence-electron chi connectivity index (χ1n) is 7.25. The van der Waals surface area contributed by atoms with Gasteiger partial charge >= 0.3 is 6.09 Å². The zero-order valence-corrected chi connectivity index (χ0v) is 15.6. The van der Waals surface area contributed by atoms with E-state index in [1.54, 1.807) is 12.1 Å². The summed E-state index contributed by atoms with van der Waals surface area (Å²) in [6.45, 7) is 6.95. The van der Waals surface area contributed by atoms with E-state index < -0.39 is 14.2 Å². The van der Waals surface area contributed by atoms with E-state index in [4.69, 9.17) is 24.8 Å². The number of ether oxygens (including phenoxy) is 4. The highest BCUT2D eigenvalue weighted by Gasteiger charge is 2.24. The minimum absolute atomic E-state index is 0.286. The van der Waals surface area contributed by atoms with Crippen molar-refractivity contribution in [2.24, 2.45) is 5.84 Å². The highest BCUT2D eigenvalue weighted by molar-refractivity contribution is 6.76. The number of nitrogens with two attached hydrogens (primary N) is 1. The molecule has 130 valence electrons. The summed E-state index contributed by atoms with van der Waals surface area (Å²) in [5.74, 6) is 7.14. The second-order valence-electron chi connectivity index (χ2n) is 6.18. The van der Waals surface area contributed by atoms with Gasteiger partial charge in [-0.15, -0.1) is 0 Å². The molecular formula is C15H26N2O5Si. The second kappa shape index (κ2) is 8.07. The number of benzene rings is 1. The van der Waals surface area contributed by atoms with Crippen LogP contribution in [0.3, 0.4) is 0 Å². The molecule has 1 amide bonds. The van der Waals surface area contributed by atoms with E-state index in [0.717, 1.165) is 11.1 Å². The van der Waals surface area contributed by atoms with Crippen LogP contribution in [-0.4, -0.2) is 42.1 Å². The van der Waals surface area contributed by atoms with Crippen LogP contribution in [0.5, 0.6) is 17.2 Å². The van der Waals surface area contributed by atoms with Crippen molar-refractivity contribution in [3.63, 3.8) is 0 Å². The molecule has 0 unspecified atom stereocenters. The highest BCUT2D eigenvalue weighted by Crippen LogP contribution is 2.40. The van der Waals surface area contributed by atoms with E-state index >= 15 is 0 Å². The van der Waals surface area contributed by atoms with E-state index in [0.29, 0.717) is 23.9 Å². The SMILES string of the molecule is COc1cc(OC)c(N(N)C(=O)OCC[Si](C)(C)C)c(OC)c1. The van der Waals surface area contributed by atoms with Crippen molar-refractivity contribution in [1.82, 2.24) is 0 Å². The van der Waals surface area contributed by atoms with Gasteiger partial charge in [-0.1, -0.05) is 19.6 Å². The molecule has 0 saturated carbocycles. The molecule has 0 fully saturated rings. The predicted octanol–water partition coefficient (Wildman–Crippen LogP) is 2.87. The fourth-order valence-electron chi connectivity index (χ4n) is 1.83. The lowest BCUT2D eigenvalue weighted by Crippen LogP contribution is -2.39. The van der Waals surface area contributed by atoms with Crippen LogP contribution in [0.25, 0.3) is 0 Å². The van der Waals surface area contributed by atoms with Crippen LogP contribution in [0.15, 0.2) is 12.1 Å². The minimum atomic E-state index is -1.29. The van der Waals surface area contributed by atoms with E-state index in [-0.39, 0.29) is 5.69 Å². The zero-order chi connectivity index (χ0) is 17.6. The van der Waals surface area contributed by atoms with Crippen molar-refractivity contribution in [2.75, 3.05) is 32.9 Å². The Morgan fingerprint density at radius 1 is 1.09 bits per heavy atom. The number of nitrogens with zero attached hydrogens (tertiary/aromatic N) is 1.